The van der Waals surface area contributed by atoms with Crippen molar-refractivity contribution in [3.63, 3.8) is 0 Å². The minimum Gasteiger partial charge on any atom is -0.378 e. The third-order valence-corrected chi connectivity index (χ3v) is 6.44. The molecule has 21 heteroatoms. The number of hydrogen-bond donors (Lipinski definition) is 0. The van der Waals surface area contributed by atoms with Crippen LogP contribution in [-0.2, 0) is 0 Å². The normalized spacial score (nSPS) is 14.9. The Labute approximate surface area is 233 Å². The van der Waals surface area contributed by atoms with Gasteiger partial charge in [0.1, 0.15) is 0 Å². The van der Waals surface area contributed by atoms with Gasteiger partial charge in [-0.1, -0.05) is 0 Å². The van der Waals surface area contributed by atoms with Crippen LogP contribution in [0.1, 0.15) is 0 Å². The van der Waals surface area contributed by atoms with E-state index in [1.54, 1.807) is 31.1 Å². The molecule has 0 atom stereocenters. The third-order valence-electron chi connectivity index (χ3n) is 5.42. The first-order valence-electron chi connectivity index (χ1n) is 10.8. The Kier molecular flexibility index (Phi) is 9.40. The molecule has 0 aromatic heterocycles. The lowest BCUT2D eigenvalue weighted by molar-refractivity contribution is -0.458. The van der Waals surface area contributed by atoms with Gasteiger partial charge < -0.3 is 4.90 Å². The molecule has 2 rings (SSSR count). The van der Waals surface area contributed by atoms with Crippen LogP contribution in [0.5, 0.6) is 0 Å². The predicted molar refractivity (Wildman–Crippen MR) is 118 cm³/mol. The maximum Gasteiger partial charge on any atom is 0.460 e. The van der Waals surface area contributed by atoms with E-state index >= 15 is 0 Å². The highest BCUT2D eigenvalue weighted by Crippen LogP contribution is 2.65. The predicted octanol–water partition coefficient (Wildman–Crippen LogP) is 10.2. The number of anilines is 1. The van der Waals surface area contributed by atoms with Gasteiger partial charge in [-0.2, -0.15) is 84.9 Å². The summed E-state index contributed by atoms with van der Waals surface area (Å²) < 4.78 is 228. The summed E-state index contributed by atoms with van der Waals surface area (Å²) in [5, 5.41) is 0.807. The smallest absolute Gasteiger partial charge is 0.378 e. The van der Waals surface area contributed by atoms with E-state index < -0.39 is 63.6 Å². The lowest BCUT2D eigenvalue weighted by Gasteiger charge is -2.42. The largest absolute Gasteiger partial charge is 0.460 e. The van der Waals surface area contributed by atoms with Crippen molar-refractivity contribution < 1.29 is 74.6 Å². The molecule has 0 radical (unpaired) electrons. The molecule has 0 aliphatic heterocycles. The molecule has 43 heavy (non-hydrogen) atoms. The first-order chi connectivity index (χ1) is 19.1. The van der Waals surface area contributed by atoms with E-state index in [-0.39, 0.29) is 11.4 Å². The molecule has 0 saturated heterocycles. The topological polar surface area (TPSA) is 28.0 Å². The van der Waals surface area contributed by atoms with Crippen LogP contribution in [-0.4, -0.2) is 61.1 Å². The first-order valence-corrected chi connectivity index (χ1v) is 11.6. The van der Waals surface area contributed by atoms with Crippen LogP contribution >= 0.6 is 11.8 Å². The highest BCUT2D eigenvalue weighted by Gasteiger charge is 2.95. The molecule has 0 amide bonds. The average Bonchev–Trinajstić information content (AvgIpc) is 2.87. The molecule has 3 nitrogen and oxygen atoms in total. The molecule has 2 aromatic carbocycles. The standard InChI is InChI=1S/C22H14F17N3S/c1-42(2)13-7-3-11(4-8-13)40-41-12-5-9-14(10-6-12)43-22(38,39)20(33,34)18(29,30)16(25,26)15(23,24)17(27,28)19(31,32)21(35,36)37/h3-10H,1-2H3. The van der Waals surface area contributed by atoms with Crippen molar-refractivity contribution in [2.75, 3.05) is 19.0 Å². The SMILES string of the molecule is CN(C)c1ccc(N=Nc2ccc(SC(F)(F)C(F)(F)C(F)(F)C(F)(F)C(F)(F)C(F)(F)C(F)(F)C(F)(F)F)cc2)cc1. The fourth-order valence-electron chi connectivity index (χ4n) is 2.88. The number of hydrogen-bond acceptors (Lipinski definition) is 4. The van der Waals surface area contributed by atoms with Crippen LogP contribution in [0.25, 0.3) is 0 Å². The fraction of sp³-hybridized carbons (Fsp3) is 0.455. The van der Waals surface area contributed by atoms with Crippen LogP contribution in [0.3, 0.4) is 0 Å². The van der Waals surface area contributed by atoms with Gasteiger partial charge in [-0.3, -0.25) is 0 Å². The Balaban J connectivity index is 2.35. The lowest BCUT2D eigenvalue weighted by Crippen LogP contribution is -2.74. The highest BCUT2D eigenvalue weighted by atomic mass is 32.2. The van der Waals surface area contributed by atoms with Crippen molar-refractivity contribution in [1.29, 1.82) is 0 Å². The van der Waals surface area contributed by atoms with E-state index in [0.717, 1.165) is 17.8 Å². The number of benzene rings is 2. The van der Waals surface area contributed by atoms with Crippen LogP contribution in [0.4, 0.5) is 91.7 Å². The summed E-state index contributed by atoms with van der Waals surface area (Å²) in [5.74, 6) is -50.1. The van der Waals surface area contributed by atoms with Crippen LogP contribution in [0, 0.1) is 0 Å². The number of thioether (sulfide) groups is 1. The summed E-state index contributed by atoms with van der Waals surface area (Å²) in [4.78, 5) is 0.583. The first kappa shape index (κ1) is 36.2. The van der Waals surface area contributed by atoms with Gasteiger partial charge in [0.25, 0.3) is 0 Å². The van der Waals surface area contributed by atoms with E-state index in [4.69, 9.17) is 0 Å². The van der Waals surface area contributed by atoms with E-state index in [1.165, 1.54) is 12.1 Å². The van der Waals surface area contributed by atoms with E-state index in [9.17, 15) is 74.6 Å². The molecule has 242 valence electrons. The van der Waals surface area contributed by atoms with Crippen molar-refractivity contribution in [3.8, 4) is 0 Å². The second kappa shape index (κ2) is 11.2. The van der Waals surface area contributed by atoms with Crippen molar-refractivity contribution in [2.45, 2.75) is 51.9 Å². The van der Waals surface area contributed by atoms with Crippen LogP contribution in [0.15, 0.2) is 63.7 Å². The number of alkyl halides is 17. The quantitative estimate of drug-likeness (QED) is 0.135. The zero-order chi connectivity index (χ0) is 33.7. The second-order valence-corrected chi connectivity index (χ2v) is 9.86. The summed E-state index contributed by atoms with van der Waals surface area (Å²) in [5.41, 5.74) is 0.840. The highest BCUT2D eigenvalue weighted by molar-refractivity contribution is 8.00. The van der Waals surface area contributed by atoms with Gasteiger partial charge >= 0.3 is 47.0 Å². The molecule has 0 saturated carbocycles. The number of halogens is 17. The fourth-order valence-corrected chi connectivity index (χ4v) is 3.70. The van der Waals surface area contributed by atoms with Gasteiger partial charge in [-0.25, -0.2) is 0 Å². The summed E-state index contributed by atoms with van der Waals surface area (Å²) in [6, 6.07) is 8.66. The zero-order valence-electron chi connectivity index (χ0n) is 20.8. The molecule has 0 N–H and O–H groups in total. The molecular formula is C22H14F17N3S. The maximum absolute atomic E-state index is 14.2. The Morgan fingerprint density at radius 1 is 0.465 bits per heavy atom. The van der Waals surface area contributed by atoms with E-state index in [0.29, 0.717) is 12.1 Å². The third kappa shape index (κ3) is 6.04. The van der Waals surface area contributed by atoms with Gasteiger partial charge in [0, 0.05) is 24.7 Å². The summed E-state index contributed by atoms with van der Waals surface area (Å²) in [6.45, 7) is 0. The van der Waals surface area contributed by atoms with Gasteiger partial charge in [0.2, 0.25) is 0 Å². The van der Waals surface area contributed by atoms with Crippen molar-refractivity contribution in [1.82, 2.24) is 0 Å². The minimum atomic E-state index is -8.66. The molecule has 0 spiro atoms. The van der Waals surface area contributed by atoms with Gasteiger partial charge in [-0.15, -0.1) is 0 Å². The molecule has 0 fully saturated rings. The van der Waals surface area contributed by atoms with Gasteiger partial charge in [0.05, 0.1) is 11.4 Å². The second-order valence-electron chi connectivity index (χ2n) is 8.67. The Morgan fingerprint density at radius 2 is 0.791 bits per heavy atom. The molecular weight excluding hydrogens is 661 g/mol. The maximum atomic E-state index is 14.2. The molecule has 0 unspecified atom stereocenters. The van der Waals surface area contributed by atoms with Crippen molar-refractivity contribution >= 4 is 28.8 Å². The molecule has 2 aromatic rings. The van der Waals surface area contributed by atoms with E-state index in [1.807, 2.05) is 0 Å². The zero-order valence-corrected chi connectivity index (χ0v) is 21.6. The lowest BCUT2D eigenvalue weighted by atomic mass is 9.91. The minimum absolute atomic E-state index is 0.180. The van der Waals surface area contributed by atoms with Crippen molar-refractivity contribution in [3.05, 3.63) is 48.5 Å². The Bertz CT molecular complexity index is 1290. The summed E-state index contributed by atoms with van der Waals surface area (Å²) in [6.07, 6.45) is -7.80. The molecule has 0 bridgehead atoms. The van der Waals surface area contributed by atoms with Crippen molar-refractivity contribution in [2.24, 2.45) is 10.2 Å². The molecule has 0 aliphatic carbocycles. The molecule has 0 heterocycles. The molecule has 0 aliphatic rings. The monoisotopic (exact) mass is 675 g/mol. The Morgan fingerprint density at radius 3 is 1.14 bits per heavy atom. The average molecular weight is 675 g/mol. The van der Waals surface area contributed by atoms with Gasteiger partial charge in [0.15, 0.2) is 0 Å². The number of azo groups is 1. The van der Waals surface area contributed by atoms with Gasteiger partial charge in [-0.05, 0) is 60.3 Å². The number of rotatable bonds is 11. The Hall–Kier alpha value is -3.00. The summed E-state index contributed by atoms with van der Waals surface area (Å²) in [7, 11) is 3.46. The van der Waals surface area contributed by atoms with Crippen LogP contribution in [0.2, 0.25) is 0 Å². The summed E-state index contributed by atoms with van der Waals surface area (Å²) >= 11 is -1.68. The van der Waals surface area contributed by atoms with Crippen LogP contribution < -0.4 is 4.90 Å². The van der Waals surface area contributed by atoms with E-state index in [2.05, 4.69) is 10.2 Å². The number of nitrogens with zero attached hydrogens (tertiary/aromatic N) is 3.